The monoisotopic (exact) mass is 379 g/mol. The number of pyridine rings is 1. The number of aromatic nitrogens is 1. The van der Waals surface area contributed by atoms with Crippen molar-refractivity contribution in [1.29, 1.82) is 0 Å². The summed E-state index contributed by atoms with van der Waals surface area (Å²) in [7, 11) is 1.38. The van der Waals surface area contributed by atoms with Crippen LogP contribution in [0.15, 0.2) is 72.9 Å². The molecule has 5 heteroatoms. The van der Waals surface area contributed by atoms with E-state index in [4.69, 9.17) is 9.47 Å². The number of carbonyl (C=O) groups excluding carboxylic acids is 1. The number of ether oxygens (including phenoxy) is 2. The highest BCUT2D eigenvalue weighted by Gasteiger charge is 2.12. The second-order valence-electron chi connectivity index (χ2n) is 5.86. The first-order valence-corrected chi connectivity index (χ1v) is 9.78. The molecule has 1 aromatic heterocycles. The molecule has 0 amide bonds. The maximum Gasteiger partial charge on any atom is 0.339 e. The lowest BCUT2D eigenvalue weighted by Gasteiger charge is -2.12. The molecule has 0 spiro atoms. The summed E-state index contributed by atoms with van der Waals surface area (Å²) >= 11 is 1.69. The molecule has 0 unspecified atom stereocenters. The van der Waals surface area contributed by atoms with Gasteiger partial charge in [0.05, 0.1) is 18.4 Å². The van der Waals surface area contributed by atoms with Gasteiger partial charge in [-0.1, -0.05) is 48.5 Å². The van der Waals surface area contributed by atoms with Crippen molar-refractivity contribution in [2.45, 2.75) is 18.1 Å². The summed E-state index contributed by atoms with van der Waals surface area (Å²) in [5, 5.41) is 0. The first-order valence-electron chi connectivity index (χ1n) is 8.62. The molecule has 0 aliphatic heterocycles. The maximum atomic E-state index is 11.8. The molecule has 3 rings (SSSR count). The summed E-state index contributed by atoms with van der Waals surface area (Å²) in [5.74, 6) is 1.91. The highest BCUT2D eigenvalue weighted by Crippen LogP contribution is 2.26. The van der Waals surface area contributed by atoms with Crippen LogP contribution < -0.4 is 4.74 Å². The minimum Gasteiger partial charge on any atom is -0.489 e. The van der Waals surface area contributed by atoms with Crippen LogP contribution in [0.5, 0.6) is 5.75 Å². The highest BCUT2D eigenvalue weighted by molar-refractivity contribution is 7.97. The second kappa shape index (κ2) is 9.78. The summed E-state index contributed by atoms with van der Waals surface area (Å²) in [4.78, 5) is 16.2. The molecule has 0 bridgehead atoms. The molecule has 0 radical (unpaired) electrons. The van der Waals surface area contributed by atoms with Crippen LogP contribution in [-0.2, 0) is 22.8 Å². The maximum absolute atomic E-state index is 11.8. The zero-order valence-corrected chi connectivity index (χ0v) is 15.9. The molecule has 1 heterocycles. The molecule has 0 atom stereocenters. The Morgan fingerprint density at radius 3 is 2.56 bits per heavy atom. The van der Waals surface area contributed by atoms with Gasteiger partial charge in [-0.05, 0) is 23.8 Å². The molecule has 0 N–H and O–H groups in total. The fourth-order valence-corrected chi connectivity index (χ4v) is 3.59. The number of nitrogens with zero attached hydrogens (tertiary/aromatic N) is 1. The molecule has 0 aliphatic rings. The first kappa shape index (κ1) is 19.0. The second-order valence-corrected chi connectivity index (χ2v) is 6.85. The van der Waals surface area contributed by atoms with Crippen molar-refractivity contribution in [2.24, 2.45) is 0 Å². The Bertz CT molecular complexity index is 883. The number of hydrogen-bond acceptors (Lipinski definition) is 5. The Morgan fingerprint density at radius 1 is 0.963 bits per heavy atom. The van der Waals surface area contributed by atoms with Gasteiger partial charge >= 0.3 is 5.97 Å². The standard InChI is InChI=1S/C22H21NO3S/c1-25-22(24)19-11-7-13-23-20(19)16-27-15-18-10-5-6-12-21(18)26-14-17-8-3-2-4-9-17/h2-13H,14-16H2,1H3. The number of para-hydroxylation sites is 1. The molecule has 138 valence electrons. The lowest BCUT2D eigenvalue weighted by Crippen LogP contribution is -2.06. The molecule has 3 aromatic rings. The van der Waals surface area contributed by atoms with Crippen molar-refractivity contribution < 1.29 is 14.3 Å². The van der Waals surface area contributed by atoms with Gasteiger partial charge in [0, 0.05) is 23.3 Å². The van der Waals surface area contributed by atoms with Gasteiger partial charge in [0.2, 0.25) is 0 Å². The third-order valence-corrected chi connectivity index (χ3v) is 4.99. The number of thioether (sulfide) groups is 1. The average molecular weight is 379 g/mol. The fourth-order valence-electron chi connectivity index (χ4n) is 2.61. The topological polar surface area (TPSA) is 48.4 Å². The molecule has 0 fully saturated rings. The zero-order valence-electron chi connectivity index (χ0n) is 15.1. The van der Waals surface area contributed by atoms with E-state index in [1.165, 1.54) is 7.11 Å². The average Bonchev–Trinajstić information content (AvgIpc) is 2.73. The molecule has 0 saturated heterocycles. The van der Waals surface area contributed by atoms with Gasteiger partial charge in [-0.15, -0.1) is 0 Å². The van der Waals surface area contributed by atoms with E-state index in [1.807, 2.05) is 48.5 Å². The lowest BCUT2D eigenvalue weighted by atomic mass is 10.2. The fraction of sp³-hybridized carbons (Fsp3) is 0.182. The van der Waals surface area contributed by atoms with Gasteiger partial charge in [-0.2, -0.15) is 11.8 Å². The van der Waals surface area contributed by atoms with Crippen molar-refractivity contribution in [3.05, 3.63) is 95.3 Å². The zero-order chi connectivity index (χ0) is 18.9. The van der Waals surface area contributed by atoms with E-state index in [0.717, 1.165) is 28.3 Å². The van der Waals surface area contributed by atoms with Crippen LogP contribution in [0.25, 0.3) is 0 Å². The number of benzene rings is 2. The molecule has 0 aliphatic carbocycles. The van der Waals surface area contributed by atoms with Crippen molar-refractivity contribution in [1.82, 2.24) is 4.98 Å². The summed E-state index contributed by atoms with van der Waals surface area (Å²) in [6.07, 6.45) is 1.69. The summed E-state index contributed by atoms with van der Waals surface area (Å²) in [6.45, 7) is 0.537. The largest absolute Gasteiger partial charge is 0.489 e. The lowest BCUT2D eigenvalue weighted by molar-refractivity contribution is 0.0599. The minimum atomic E-state index is -0.356. The molecule has 0 saturated carbocycles. The first-order chi connectivity index (χ1) is 13.3. The molecule has 2 aromatic carbocycles. The van der Waals surface area contributed by atoms with Gasteiger partial charge in [0.1, 0.15) is 12.4 Å². The van der Waals surface area contributed by atoms with Gasteiger partial charge in [0.25, 0.3) is 0 Å². The third-order valence-electron chi connectivity index (χ3n) is 4.00. The highest BCUT2D eigenvalue weighted by atomic mass is 32.2. The van der Waals surface area contributed by atoms with Crippen LogP contribution in [0.3, 0.4) is 0 Å². The van der Waals surface area contributed by atoms with Gasteiger partial charge in [-0.25, -0.2) is 4.79 Å². The molecule has 27 heavy (non-hydrogen) atoms. The molecular formula is C22H21NO3S. The Kier molecular flexibility index (Phi) is 6.88. The Labute approximate surface area is 163 Å². The van der Waals surface area contributed by atoms with E-state index >= 15 is 0 Å². The summed E-state index contributed by atoms with van der Waals surface area (Å²) in [5.41, 5.74) is 3.50. The van der Waals surface area contributed by atoms with Crippen molar-refractivity contribution in [3.63, 3.8) is 0 Å². The van der Waals surface area contributed by atoms with Crippen LogP contribution in [0.1, 0.15) is 27.2 Å². The van der Waals surface area contributed by atoms with E-state index < -0.39 is 0 Å². The molecular weight excluding hydrogens is 358 g/mol. The Balaban J connectivity index is 1.61. The summed E-state index contributed by atoms with van der Waals surface area (Å²) < 4.78 is 10.8. The predicted octanol–water partition coefficient (Wildman–Crippen LogP) is 4.88. The summed E-state index contributed by atoms with van der Waals surface area (Å²) in [6, 6.07) is 21.6. The van der Waals surface area contributed by atoms with Crippen molar-refractivity contribution in [3.8, 4) is 5.75 Å². The smallest absolute Gasteiger partial charge is 0.339 e. The number of rotatable bonds is 8. The van der Waals surface area contributed by atoms with E-state index in [0.29, 0.717) is 17.9 Å². The van der Waals surface area contributed by atoms with Gasteiger partial charge in [-0.3, -0.25) is 4.98 Å². The third kappa shape index (κ3) is 5.34. The van der Waals surface area contributed by atoms with Crippen LogP contribution in [-0.4, -0.2) is 18.1 Å². The Hall–Kier alpha value is -2.79. The van der Waals surface area contributed by atoms with Crippen molar-refractivity contribution >= 4 is 17.7 Å². The SMILES string of the molecule is COC(=O)c1cccnc1CSCc1ccccc1OCc1ccccc1. The quantitative estimate of drug-likeness (QED) is 0.522. The normalized spacial score (nSPS) is 10.4. The van der Waals surface area contributed by atoms with E-state index in [2.05, 4.69) is 11.1 Å². The van der Waals surface area contributed by atoms with E-state index in [1.54, 1.807) is 30.1 Å². The van der Waals surface area contributed by atoms with E-state index in [-0.39, 0.29) is 5.97 Å². The van der Waals surface area contributed by atoms with Crippen LogP contribution in [0.2, 0.25) is 0 Å². The van der Waals surface area contributed by atoms with Crippen LogP contribution >= 0.6 is 11.8 Å². The van der Waals surface area contributed by atoms with Crippen LogP contribution in [0, 0.1) is 0 Å². The predicted molar refractivity (Wildman–Crippen MR) is 108 cm³/mol. The Morgan fingerprint density at radius 2 is 1.74 bits per heavy atom. The van der Waals surface area contributed by atoms with Gasteiger partial charge < -0.3 is 9.47 Å². The van der Waals surface area contributed by atoms with Crippen molar-refractivity contribution in [2.75, 3.05) is 7.11 Å². The van der Waals surface area contributed by atoms with Gasteiger partial charge in [0.15, 0.2) is 0 Å². The number of carbonyl (C=O) groups is 1. The number of hydrogen-bond donors (Lipinski definition) is 0. The van der Waals surface area contributed by atoms with E-state index in [9.17, 15) is 4.79 Å². The minimum absolute atomic E-state index is 0.356. The number of methoxy groups -OCH3 is 1. The van der Waals surface area contributed by atoms with Crippen LogP contribution in [0.4, 0.5) is 0 Å². The molecule has 4 nitrogen and oxygen atoms in total. The number of esters is 1.